The number of nitrogens with zero attached hydrogens (tertiary/aromatic N) is 1. The maximum absolute atomic E-state index is 13.2. The molecule has 0 fully saturated rings. The second-order valence-corrected chi connectivity index (χ2v) is 5.80. The maximum atomic E-state index is 13.2. The van der Waals surface area contributed by atoms with Gasteiger partial charge in [0, 0.05) is 24.2 Å². The summed E-state index contributed by atoms with van der Waals surface area (Å²) in [5.41, 5.74) is 8.28. The second kappa shape index (κ2) is 8.95. The molecule has 0 amide bonds. The van der Waals surface area contributed by atoms with E-state index < -0.39 is 0 Å². The number of rotatable bonds is 5. The largest absolute Gasteiger partial charge is 0.465 e. The Balaban J connectivity index is 1.88. The van der Waals surface area contributed by atoms with Gasteiger partial charge < -0.3 is 10.5 Å². The molecule has 0 unspecified atom stereocenters. The third kappa shape index (κ3) is 5.40. The quantitative estimate of drug-likeness (QED) is 0.670. The van der Waals surface area contributed by atoms with Crippen LogP contribution in [0.3, 0.4) is 0 Å². The van der Waals surface area contributed by atoms with Gasteiger partial charge in [-0.25, -0.2) is 9.18 Å². The number of benzene rings is 1. The Morgan fingerprint density at radius 3 is 2.68 bits per heavy atom. The van der Waals surface area contributed by atoms with Gasteiger partial charge in [-0.05, 0) is 48.2 Å². The van der Waals surface area contributed by atoms with E-state index in [9.17, 15) is 9.18 Å². The van der Waals surface area contributed by atoms with Crippen LogP contribution in [0.15, 0.2) is 42.7 Å². The summed E-state index contributed by atoms with van der Waals surface area (Å²) in [5.74, 6) is 5.40. The number of aromatic nitrogens is 1. The van der Waals surface area contributed by atoms with Crippen LogP contribution in [0.4, 0.5) is 4.39 Å². The van der Waals surface area contributed by atoms with Crippen molar-refractivity contribution in [1.29, 1.82) is 0 Å². The van der Waals surface area contributed by atoms with Crippen LogP contribution in [0, 0.1) is 17.7 Å². The van der Waals surface area contributed by atoms with Crippen molar-refractivity contribution in [3.63, 3.8) is 0 Å². The lowest BCUT2D eigenvalue weighted by Gasteiger charge is -2.19. The minimum absolute atomic E-state index is 0.00402. The number of carbonyl (C=O) groups is 1. The molecule has 0 aliphatic rings. The Hall–Kier alpha value is -2.71. The van der Waals surface area contributed by atoms with Gasteiger partial charge in [0.25, 0.3) is 0 Å². The van der Waals surface area contributed by atoms with Crippen molar-refractivity contribution in [2.24, 2.45) is 5.73 Å². The lowest BCUT2D eigenvalue weighted by atomic mass is 9.92. The van der Waals surface area contributed by atoms with Crippen LogP contribution in [0.1, 0.15) is 47.2 Å². The molecular formula is C20H21FN2O2. The number of hydrogen-bond acceptors (Lipinski definition) is 4. The molecule has 2 atom stereocenters. The Morgan fingerprint density at radius 2 is 2.04 bits per heavy atom. The van der Waals surface area contributed by atoms with Gasteiger partial charge in [0.05, 0.1) is 18.9 Å². The molecule has 1 aromatic carbocycles. The van der Waals surface area contributed by atoms with Gasteiger partial charge in [-0.2, -0.15) is 0 Å². The van der Waals surface area contributed by atoms with Crippen LogP contribution in [0.5, 0.6) is 0 Å². The predicted octanol–water partition coefficient (Wildman–Crippen LogP) is 3.27. The monoisotopic (exact) mass is 340 g/mol. The van der Waals surface area contributed by atoms with Gasteiger partial charge in [0.2, 0.25) is 0 Å². The molecule has 2 rings (SSSR count). The second-order valence-electron chi connectivity index (χ2n) is 5.80. The van der Waals surface area contributed by atoms with Crippen molar-refractivity contribution in [2.75, 3.05) is 7.11 Å². The highest BCUT2D eigenvalue weighted by Crippen LogP contribution is 2.20. The fraction of sp³-hybridized carbons (Fsp3) is 0.300. The molecule has 0 spiro atoms. The normalized spacial score (nSPS) is 12.6. The van der Waals surface area contributed by atoms with Crippen LogP contribution in [0.2, 0.25) is 0 Å². The number of pyridine rings is 1. The fourth-order valence-corrected chi connectivity index (χ4v) is 2.39. The van der Waals surface area contributed by atoms with Gasteiger partial charge in [-0.1, -0.05) is 18.8 Å². The van der Waals surface area contributed by atoms with E-state index in [1.54, 1.807) is 30.5 Å². The van der Waals surface area contributed by atoms with E-state index in [1.165, 1.54) is 19.4 Å². The van der Waals surface area contributed by atoms with Gasteiger partial charge in [0.15, 0.2) is 0 Å². The van der Waals surface area contributed by atoms with E-state index in [2.05, 4.69) is 21.6 Å². The smallest absolute Gasteiger partial charge is 0.337 e. The highest BCUT2D eigenvalue weighted by Gasteiger charge is 2.15. The first-order valence-corrected chi connectivity index (χ1v) is 8.04. The first kappa shape index (κ1) is 18.6. The molecule has 0 aliphatic carbocycles. The summed E-state index contributed by atoms with van der Waals surface area (Å²) in [6, 6.07) is 8.26. The van der Waals surface area contributed by atoms with E-state index in [-0.39, 0.29) is 23.7 Å². The molecule has 2 aromatic rings. The molecule has 1 heterocycles. The molecular weight excluding hydrogens is 319 g/mol. The van der Waals surface area contributed by atoms with E-state index in [0.29, 0.717) is 18.4 Å². The lowest BCUT2D eigenvalue weighted by molar-refractivity contribution is 0.0600. The van der Waals surface area contributed by atoms with Crippen LogP contribution < -0.4 is 5.73 Å². The van der Waals surface area contributed by atoms with Crippen LogP contribution in [-0.4, -0.2) is 24.1 Å². The Bertz CT molecular complexity index is 778. The van der Waals surface area contributed by atoms with Crippen molar-refractivity contribution in [2.45, 2.75) is 31.7 Å². The average molecular weight is 340 g/mol. The third-order valence-corrected chi connectivity index (χ3v) is 4.04. The Kier molecular flexibility index (Phi) is 6.67. The summed E-state index contributed by atoms with van der Waals surface area (Å²) in [7, 11) is 1.35. The molecule has 2 N–H and O–H groups in total. The maximum Gasteiger partial charge on any atom is 0.337 e. The van der Waals surface area contributed by atoms with E-state index >= 15 is 0 Å². The first-order chi connectivity index (χ1) is 12.0. The topological polar surface area (TPSA) is 65.2 Å². The van der Waals surface area contributed by atoms with E-state index in [4.69, 9.17) is 5.73 Å². The Labute approximate surface area is 147 Å². The summed E-state index contributed by atoms with van der Waals surface area (Å²) >= 11 is 0. The first-order valence-electron chi connectivity index (χ1n) is 8.04. The molecule has 0 bridgehead atoms. The van der Waals surface area contributed by atoms with Gasteiger partial charge in [0.1, 0.15) is 5.82 Å². The zero-order valence-corrected chi connectivity index (χ0v) is 14.3. The SMILES string of the molecule is COC(=O)c1ccc(C#CCC[C@@H](N)[C@H](C)c2cncc(F)c2)cc1. The average Bonchev–Trinajstić information content (AvgIpc) is 2.64. The predicted molar refractivity (Wildman–Crippen MR) is 94.5 cm³/mol. The van der Waals surface area contributed by atoms with Gasteiger partial charge in [-0.3, -0.25) is 4.98 Å². The van der Waals surface area contributed by atoms with Crippen molar-refractivity contribution >= 4 is 5.97 Å². The minimum atomic E-state index is -0.369. The molecule has 25 heavy (non-hydrogen) atoms. The number of carbonyl (C=O) groups excluding carboxylic acids is 1. The molecule has 4 nitrogen and oxygen atoms in total. The molecule has 0 radical (unpaired) electrons. The van der Waals surface area contributed by atoms with Crippen LogP contribution in [-0.2, 0) is 4.74 Å². The van der Waals surface area contributed by atoms with Crippen molar-refractivity contribution in [3.05, 3.63) is 65.2 Å². The van der Waals surface area contributed by atoms with Crippen molar-refractivity contribution < 1.29 is 13.9 Å². The van der Waals surface area contributed by atoms with Gasteiger partial charge in [-0.15, -0.1) is 0 Å². The zero-order valence-electron chi connectivity index (χ0n) is 14.3. The summed E-state index contributed by atoms with van der Waals surface area (Å²) in [4.78, 5) is 15.2. The fourth-order valence-electron chi connectivity index (χ4n) is 2.39. The summed E-state index contributed by atoms with van der Waals surface area (Å²) in [6.45, 7) is 1.96. The molecule has 0 saturated carbocycles. The molecule has 5 heteroatoms. The van der Waals surface area contributed by atoms with Crippen LogP contribution >= 0.6 is 0 Å². The van der Waals surface area contributed by atoms with E-state index in [0.717, 1.165) is 11.1 Å². The highest BCUT2D eigenvalue weighted by molar-refractivity contribution is 5.89. The minimum Gasteiger partial charge on any atom is -0.465 e. The highest BCUT2D eigenvalue weighted by atomic mass is 19.1. The Morgan fingerprint density at radius 1 is 1.32 bits per heavy atom. The molecule has 130 valence electrons. The number of methoxy groups -OCH3 is 1. The standard InChI is InChI=1S/C20H21FN2O2/c1-14(17-11-18(21)13-23-12-17)19(22)6-4-3-5-15-7-9-16(10-8-15)20(24)25-2/h7-14,19H,4,6,22H2,1-2H3/t14-,19-/m1/s1. The summed E-state index contributed by atoms with van der Waals surface area (Å²) in [5, 5.41) is 0. The summed E-state index contributed by atoms with van der Waals surface area (Å²) in [6.07, 6.45) is 4.15. The number of nitrogens with two attached hydrogens (primary N) is 1. The van der Waals surface area contributed by atoms with E-state index in [1.807, 2.05) is 6.92 Å². The number of ether oxygens (including phenoxy) is 1. The summed E-state index contributed by atoms with van der Waals surface area (Å²) < 4.78 is 17.9. The van der Waals surface area contributed by atoms with Gasteiger partial charge >= 0.3 is 5.97 Å². The molecule has 0 saturated heterocycles. The third-order valence-electron chi connectivity index (χ3n) is 4.04. The van der Waals surface area contributed by atoms with Crippen molar-refractivity contribution in [3.8, 4) is 11.8 Å². The zero-order chi connectivity index (χ0) is 18.2. The lowest BCUT2D eigenvalue weighted by Crippen LogP contribution is -2.26. The number of halogens is 1. The molecule has 1 aromatic heterocycles. The number of hydrogen-bond donors (Lipinski definition) is 1. The van der Waals surface area contributed by atoms with Crippen LogP contribution in [0.25, 0.3) is 0 Å². The molecule has 0 aliphatic heterocycles. The van der Waals surface area contributed by atoms with Crippen molar-refractivity contribution in [1.82, 2.24) is 4.98 Å². The number of esters is 1.